The number of hydrogen-bond donors (Lipinski definition) is 1. The Morgan fingerprint density at radius 1 is 1.11 bits per heavy atom. The van der Waals surface area contributed by atoms with Gasteiger partial charge in [-0.15, -0.1) is 0 Å². The number of benzene rings is 2. The monoisotopic (exact) mass is 437 g/mol. The molecule has 0 saturated heterocycles. The number of amides is 1. The predicted octanol–water partition coefficient (Wildman–Crippen LogP) is 4.58. The molecule has 0 aliphatic carbocycles. The van der Waals surface area contributed by atoms with Crippen LogP contribution in [0, 0.1) is 15.2 Å². The van der Waals surface area contributed by atoms with Gasteiger partial charge in [0.1, 0.15) is 0 Å². The van der Waals surface area contributed by atoms with Crippen LogP contribution in [0.1, 0.15) is 10.4 Å². The Labute approximate surface area is 130 Å². The van der Waals surface area contributed by atoms with Gasteiger partial charge in [0, 0.05) is 19.3 Å². The van der Waals surface area contributed by atoms with Crippen molar-refractivity contribution in [3.05, 3.63) is 61.6 Å². The van der Waals surface area contributed by atoms with Gasteiger partial charge in [-0.1, -0.05) is 0 Å². The third-order valence-corrected chi connectivity index (χ3v) is 4.70. The lowest BCUT2D eigenvalue weighted by Gasteiger charge is -2.07. The largest absolute Gasteiger partial charge is 0.322 e. The third kappa shape index (κ3) is 3.50. The second-order valence-corrected chi connectivity index (χ2v) is 5.73. The Morgan fingerprint density at radius 2 is 1.84 bits per heavy atom. The molecule has 0 atom stereocenters. The second-order valence-electron chi connectivity index (χ2n) is 3.71. The SMILES string of the molecule is O=C(Nc1ccc(I)c(Br)c1)c1ccc(F)c(F)c1. The summed E-state index contributed by atoms with van der Waals surface area (Å²) in [7, 11) is 0. The fourth-order valence-corrected chi connectivity index (χ4v) is 2.13. The lowest BCUT2D eigenvalue weighted by Crippen LogP contribution is -2.12. The number of halogens is 4. The van der Waals surface area contributed by atoms with Crippen molar-refractivity contribution in [2.24, 2.45) is 0 Å². The number of carbonyl (C=O) groups is 1. The molecule has 0 spiro atoms. The van der Waals surface area contributed by atoms with Crippen LogP contribution in [0.2, 0.25) is 0 Å². The predicted molar refractivity (Wildman–Crippen MR) is 81.2 cm³/mol. The summed E-state index contributed by atoms with van der Waals surface area (Å²) in [4.78, 5) is 11.9. The van der Waals surface area contributed by atoms with Crippen LogP contribution in [0.15, 0.2) is 40.9 Å². The molecule has 2 nitrogen and oxygen atoms in total. The Morgan fingerprint density at radius 3 is 2.47 bits per heavy atom. The zero-order valence-corrected chi connectivity index (χ0v) is 13.1. The quantitative estimate of drug-likeness (QED) is 0.684. The molecule has 0 aliphatic rings. The second kappa shape index (κ2) is 5.96. The van der Waals surface area contributed by atoms with E-state index in [4.69, 9.17) is 0 Å². The first-order chi connectivity index (χ1) is 8.97. The molecular formula is C13H7BrF2INO. The standard InChI is InChI=1S/C13H7BrF2INO/c14-9-6-8(2-4-12(9)17)18-13(19)7-1-3-10(15)11(16)5-7/h1-6H,(H,18,19). The van der Waals surface area contributed by atoms with Crippen molar-refractivity contribution in [1.29, 1.82) is 0 Å². The van der Waals surface area contributed by atoms with Crippen LogP contribution in [-0.4, -0.2) is 5.91 Å². The summed E-state index contributed by atoms with van der Waals surface area (Å²) in [6.07, 6.45) is 0. The van der Waals surface area contributed by atoms with Crippen molar-refractivity contribution >= 4 is 50.1 Å². The van der Waals surface area contributed by atoms with E-state index in [1.807, 2.05) is 6.07 Å². The van der Waals surface area contributed by atoms with Crippen molar-refractivity contribution in [2.75, 3.05) is 5.32 Å². The van der Waals surface area contributed by atoms with Crippen molar-refractivity contribution in [3.63, 3.8) is 0 Å². The van der Waals surface area contributed by atoms with Crippen LogP contribution >= 0.6 is 38.5 Å². The Hall–Kier alpha value is -1.02. The molecule has 0 unspecified atom stereocenters. The van der Waals surface area contributed by atoms with E-state index in [1.165, 1.54) is 6.07 Å². The molecular weight excluding hydrogens is 431 g/mol. The van der Waals surface area contributed by atoms with Crippen LogP contribution in [0.3, 0.4) is 0 Å². The minimum Gasteiger partial charge on any atom is -0.322 e. The Bertz CT molecular complexity index is 649. The van der Waals surface area contributed by atoms with E-state index in [2.05, 4.69) is 43.8 Å². The van der Waals surface area contributed by atoms with Crippen LogP contribution in [0.5, 0.6) is 0 Å². The fraction of sp³-hybridized carbons (Fsp3) is 0. The molecule has 2 aromatic rings. The van der Waals surface area contributed by atoms with Crippen molar-refractivity contribution in [2.45, 2.75) is 0 Å². The molecule has 1 amide bonds. The van der Waals surface area contributed by atoms with Gasteiger partial charge in [0.25, 0.3) is 5.91 Å². The number of carbonyl (C=O) groups excluding carboxylic acids is 1. The van der Waals surface area contributed by atoms with Crippen LogP contribution in [0.4, 0.5) is 14.5 Å². The molecule has 0 heterocycles. The van der Waals surface area contributed by atoms with Crippen molar-refractivity contribution < 1.29 is 13.6 Å². The highest BCUT2D eigenvalue weighted by Crippen LogP contribution is 2.23. The van der Waals surface area contributed by atoms with Gasteiger partial charge in [0.2, 0.25) is 0 Å². The normalized spacial score (nSPS) is 10.3. The molecule has 19 heavy (non-hydrogen) atoms. The molecule has 0 aliphatic heterocycles. The minimum atomic E-state index is -1.04. The van der Waals surface area contributed by atoms with E-state index in [1.54, 1.807) is 12.1 Å². The van der Waals surface area contributed by atoms with E-state index in [0.717, 1.165) is 20.2 Å². The molecule has 6 heteroatoms. The number of rotatable bonds is 2. The summed E-state index contributed by atoms with van der Waals surface area (Å²) in [5.41, 5.74) is 0.635. The molecule has 98 valence electrons. The lowest BCUT2D eigenvalue weighted by molar-refractivity contribution is 0.102. The molecule has 2 aromatic carbocycles. The first-order valence-corrected chi connectivity index (χ1v) is 7.06. The summed E-state index contributed by atoms with van der Waals surface area (Å²) in [5.74, 6) is -2.52. The third-order valence-electron chi connectivity index (χ3n) is 2.36. The molecule has 0 fully saturated rings. The van der Waals surface area contributed by atoms with Gasteiger partial charge in [-0.2, -0.15) is 0 Å². The van der Waals surface area contributed by atoms with Crippen LogP contribution in [-0.2, 0) is 0 Å². The van der Waals surface area contributed by atoms with Gasteiger partial charge in [-0.25, -0.2) is 8.78 Å². The molecule has 0 radical (unpaired) electrons. The number of nitrogens with one attached hydrogen (secondary N) is 1. The van der Waals surface area contributed by atoms with E-state index in [-0.39, 0.29) is 5.56 Å². The topological polar surface area (TPSA) is 29.1 Å². The van der Waals surface area contributed by atoms with E-state index >= 15 is 0 Å². The summed E-state index contributed by atoms with van der Waals surface area (Å²) in [5, 5.41) is 2.61. The molecule has 0 saturated carbocycles. The van der Waals surface area contributed by atoms with Crippen molar-refractivity contribution in [1.82, 2.24) is 0 Å². The molecule has 1 N–H and O–H groups in total. The van der Waals surface area contributed by atoms with Gasteiger partial charge < -0.3 is 5.32 Å². The summed E-state index contributed by atoms with van der Waals surface area (Å²) >= 11 is 5.49. The summed E-state index contributed by atoms with van der Waals surface area (Å²) in [6, 6.07) is 8.31. The summed E-state index contributed by atoms with van der Waals surface area (Å²) < 4.78 is 27.7. The van der Waals surface area contributed by atoms with Gasteiger partial charge in [0.05, 0.1) is 0 Å². The highest BCUT2D eigenvalue weighted by molar-refractivity contribution is 14.1. The van der Waals surface area contributed by atoms with Crippen molar-refractivity contribution in [3.8, 4) is 0 Å². The zero-order chi connectivity index (χ0) is 14.0. The average molecular weight is 438 g/mol. The maximum Gasteiger partial charge on any atom is 0.255 e. The van der Waals surface area contributed by atoms with Crippen LogP contribution in [0.25, 0.3) is 0 Å². The van der Waals surface area contributed by atoms with E-state index < -0.39 is 17.5 Å². The minimum absolute atomic E-state index is 0.0635. The summed E-state index contributed by atoms with van der Waals surface area (Å²) in [6.45, 7) is 0. The van der Waals surface area contributed by atoms with Gasteiger partial charge in [-0.3, -0.25) is 4.79 Å². The maximum absolute atomic E-state index is 13.0. The average Bonchev–Trinajstić information content (AvgIpc) is 2.37. The highest BCUT2D eigenvalue weighted by atomic mass is 127. The first kappa shape index (κ1) is 14.4. The molecule has 2 rings (SSSR count). The van der Waals surface area contributed by atoms with Gasteiger partial charge >= 0.3 is 0 Å². The fourth-order valence-electron chi connectivity index (χ4n) is 1.41. The maximum atomic E-state index is 13.0. The first-order valence-electron chi connectivity index (χ1n) is 5.19. The Kier molecular flexibility index (Phi) is 4.51. The Balaban J connectivity index is 2.20. The molecule has 0 bridgehead atoms. The van der Waals surface area contributed by atoms with Crippen LogP contribution < -0.4 is 5.32 Å². The zero-order valence-electron chi connectivity index (χ0n) is 9.38. The number of hydrogen-bond acceptors (Lipinski definition) is 1. The van der Waals surface area contributed by atoms with Gasteiger partial charge in [-0.05, 0) is 74.9 Å². The van der Waals surface area contributed by atoms with Gasteiger partial charge in [0.15, 0.2) is 11.6 Å². The number of anilines is 1. The van der Waals surface area contributed by atoms with E-state index in [9.17, 15) is 13.6 Å². The lowest BCUT2D eigenvalue weighted by atomic mass is 10.2. The smallest absolute Gasteiger partial charge is 0.255 e. The highest BCUT2D eigenvalue weighted by Gasteiger charge is 2.10. The molecule has 0 aromatic heterocycles. The van der Waals surface area contributed by atoms with E-state index in [0.29, 0.717) is 5.69 Å².